The highest BCUT2D eigenvalue weighted by molar-refractivity contribution is 5.96. The second kappa shape index (κ2) is 9.71. The Kier molecular flexibility index (Phi) is 7.62. The quantitative estimate of drug-likeness (QED) is 0.678. The number of amides is 4. The Balaban J connectivity index is 1.80. The van der Waals surface area contributed by atoms with Crippen LogP contribution < -0.4 is 10.6 Å². The Morgan fingerprint density at radius 1 is 1.22 bits per heavy atom. The predicted octanol–water partition coefficient (Wildman–Crippen LogP) is 1.44. The van der Waals surface area contributed by atoms with E-state index in [-0.39, 0.29) is 18.4 Å². The summed E-state index contributed by atoms with van der Waals surface area (Å²) in [7, 11) is 0. The third-order valence-electron chi connectivity index (χ3n) is 5.69. The maximum atomic E-state index is 12.4. The SMILES string of the molecule is CCCNC(=O)NC(=O)COC(=O)[C@H]1CC(=O)N([C@H]2CCC[C@H](C)[C@@H]2C)C1. The Hall–Kier alpha value is -2.12. The molecule has 4 amide bonds. The van der Waals surface area contributed by atoms with E-state index in [1.807, 2.05) is 11.8 Å². The van der Waals surface area contributed by atoms with Gasteiger partial charge >= 0.3 is 12.0 Å². The van der Waals surface area contributed by atoms with Crippen LogP contribution in [0.15, 0.2) is 0 Å². The Morgan fingerprint density at radius 2 is 1.96 bits per heavy atom. The molecule has 1 saturated heterocycles. The van der Waals surface area contributed by atoms with Crippen LogP contribution in [0.1, 0.15) is 52.9 Å². The van der Waals surface area contributed by atoms with Gasteiger partial charge in [0.2, 0.25) is 5.91 Å². The predicted molar refractivity (Wildman–Crippen MR) is 98.6 cm³/mol. The van der Waals surface area contributed by atoms with Gasteiger partial charge < -0.3 is 15.0 Å². The summed E-state index contributed by atoms with van der Waals surface area (Å²) >= 11 is 0. The first-order chi connectivity index (χ1) is 12.8. The van der Waals surface area contributed by atoms with Crippen molar-refractivity contribution in [3.05, 3.63) is 0 Å². The van der Waals surface area contributed by atoms with Gasteiger partial charge in [-0.3, -0.25) is 19.7 Å². The summed E-state index contributed by atoms with van der Waals surface area (Å²) in [5, 5.41) is 4.60. The molecule has 2 N–H and O–H groups in total. The van der Waals surface area contributed by atoms with Crippen LogP contribution >= 0.6 is 0 Å². The van der Waals surface area contributed by atoms with E-state index >= 15 is 0 Å². The molecule has 1 aliphatic carbocycles. The number of hydrogen-bond donors (Lipinski definition) is 2. The molecule has 4 atom stereocenters. The standard InChI is InChI=1S/C19H31N3O5/c1-4-8-20-19(26)21-16(23)11-27-18(25)14-9-17(24)22(10-14)15-7-5-6-12(2)13(15)3/h12-15H,4-11H2,1-3H3,(H2,20,21,23,26)/t12-,13-,14-,15-/m0/s1. The number of urea groups is 1. The molecule has 0 aromatic rings. The lowest BCUT2D eigenvalue weighted by molar-refractivity contribution is -0.152. The Morgan fingerprint density at radius 3 is 2.67 bits per heavy atom. The molecule has 2 rings (SSSR count). The molecular formula is C19H31N3O5. The van der Waals surface area contributed by atoms with E-state index in [0.29, 0.717) is 24.9 Å². The molecule has 2 aliphatic rings. The second-order valence-electron chi connectivity index (χ2n) is 7.69. The normalized spacial score (nSPS) is 28.0. The van der Waals surface area contributed by atoms with Gasteiger partial charge in [-0.2, -0.15) is 0 Å². The minimum atomic E-state index is -0.687. The first kappa shape index (κ1) is 21.2. The van der Waals surface area contributed by atoms with Gasteiger partial charge in [0.15, 0.2) is 6.61 Å². The van der Waals surface area contributed by atoms with E-state index < -0.39 is 30.4 Å². The summed E-state index contributed by atoms with van der Waals surface area (Å²) in [4.78, 5) is 49.5. The van der Waals surface area contributed by atoms with E-state index in [2.05, 4.69) is 24.5 Å². The van der Waals surface area contributed by atoms with Gasteiger partial charge in [-0.1, -0.05) is 33.6 Å². The number of likely N-dealkylation sites (tertiary alicyclic amines) is 1. The number of nitrogens with zero attached hydrogens (tertiary/aromatic N) is 1. The molecule has 8 nitrogen and oxygen atoms in total. The minimum absolute atomic E-state index is 0.0219. The smallest absolute Gasteiger partial charge is 0.321 e. The van der Waals surface area contributed by atoms with Crippen molar-refractivity contribution in [2.75, 3.05) is 19.7 Å². The molecule has 1 saturated carbocycles. The molecule has 2 fully saturated rings. The molecule has 0 radical (unpaired) electrons. The third kappa shape index (κ3) is 5.68. The van der Waals surface area contributed by atoms with Crippen LogP contribution in [-0.2, 0) is 19.1 Å². The van der Waals surface area contributed by atoms with Crippen molar-refractivity contribution in [1.29, 1.82) is 0 Å². The summed E-state index contributed by atoms with van der Waals surface area (Å²) in [5.41, 5.74) is 0. The van der Waals surface area contributed by atoms with Gasteiger partial charge in [0.1, 0.15) is 0 Å². The van der Waals surface area contributed by atoms with Gasteiger partial charge in [0.05, 0.1) is 5.92 Å². The largest absolute Gasteiger partial charge is 0.455 e. The fraction of sp³-hybridized carbons (Fsp3) is 0.789. The van der Waals surface area contributed by atoms with E-state index in [1.54, 1.807) is 0 Å². The number of esters is 1. The summed E-state index contributed by atoms with van der Waals surface area (Å²) in [6, 6.07) is -0.440. The van der Waals surface area contributed by atoms with Crippen LogP contribution in [0.2, 0.25) is 0 Å². The zero-order valence-corrected chi connectivity index (χ0v) is 16.5. The molecule has 1 heterocycles. The second-order valence-corrected chi connectivity index (χ2v) is 7.69. The number of carbonyl (C=O) groups excluding carboxylic acids is 4. The van der Waals surface area contributed by atoms with Crippen LogP contribution in [0.5, 0.6) is 0 Å². The van der Waals surface area contributed by atoms with Crippen molar-refractivity contribution >= 4 is 23.8 Å². The molecule has 0 spiro atoms. The van der Waals surface area contributed by atoms with Gasteiger partial charge in [0.25, 0.3) is 5.91 Å². The number of nitrogens with one attached hydrogen (secondary N) is 2. The van der Waals surface area contributed by atoms with Gasteiger partial charge in [0, 0.05) is 25.6 Å². The molecule has 27 heavy (non-hydrogen) atoms. The lowest BCUT2D eigenvalue weighted by atomic mass is 9.77. The average Bonchev–Trinajstić information content (AvgIpc) is 3.02. The van der Waals surface area contributed by atoms with E-state index in [0.717, 1.165) is 19.3 Å². The molecule has 0 aromatic carbocycles. The molecule has 152 valence electrons. The fourth-order valence-electron chi connectivity index (χ4n) is 3.90. The number of carbonyl (C=O) groups is 4. The first-order valence-electron chi connectivity index (χ1n) is 9.87. The monoisotopic (exact) mass is 381 g/mol. The van der Waals surface area contributed by atoms with Crippen LogP contribution in [0.25, 0.3) is 0 Å². The highest BCUT2D eigenvalue weighted by atomic mass is 16.5. The van der Waals surface area contributed by atoms with Gasteiger partial charge in [-0.15, -0.1) is 0 Å². The number of ether oxygens (including phenoxy) is 1. The van der Waals surface area contributed by atoms with Crippen molar-refractivity contribution in [1.82, 2.24) is 15.5 Å². The molecule has 8 heteroatoms. The Bertz CT molecular complexity index is 580. The topological polar surface area (TPSA) is 105 Å². The molecule has 0 bridgehead atoms. The summed E-state index contributed by atoms with van der Waals surface area (Å²) < 4.78 is 5.02. The maximum Gasteiger partial charge on any atom is 0.321 e. The van der Waals surface area contributed by atoms with Crippen molar-refractivity contribution < 1.29 is 23.9 Å². The van der Waals surface area contributed by atoms with Crippen molar-refractivity contribution in [2.24, 2.45) is 17.8 Å². The number of hydrogen-bond acceptors (Lipinski definition) is 5. The zero-order chi connectivity index (χ0) is 20.0. The van der Waals surface area contributed by atoms with Crippen LogP contribution in [0.3, 0.4) is 0 Å². The van der Waals surface area contributed by atoms with Crippen LogP contribution in [0, 0.1) is 17.8 Å². The first-order valence-corrected chi connectivity index (χ1v) is 9.87. The van der Waals surface area contributed by atoms with Crippen molar-refractivity contribution in [3.8, 4) is 0 Å². The highest BCUT2D eigenvalue weighted by Crippen LogP contribution is 2.35. The molecule has 0 unspecified atom stereocenters. The molecular weight excluding hydrogens is 350 g/mol. The summed E-state index contributed by atoms with van der Waals surface area (Å²) in [5.74, 6) is -0.857. The molecule has 0 aromatic heterocycles. The van der Waals surface area contributed by atoms with Crippen LogP contribution in [0.4, 0.5) is 4.79 Å². The number of imide groups is 1. The number of rotatable bonds is 6. The molecule has 1 aliphatic heterocycles. The van der Waals surface area contributed by atoms with E-state index in [4.69, 9.17) is 4.74 Å². The fourth-order valence-corrected chi connectivity index (χ4v) is 3.90. The maximum absolute atomic E-state index is 12.4. The summed E-state index contributed by atoms with van der Waals surface area (Å²) in [6.07, 6.45) is 4.10. The van der Waals surface area contributed by atoms with Crippen LogP contribution in [-0.4, -0.2) is 54.5 Å². The average molecular weight is 381 g/mol. The van der Waals surface area contributed by atoms with E-state index in [1.165, 1.54) is 6.42 Å². The Labute approximate surface area is 160 Å². The van der Waals surface area contributed by atoms with Gasteiger partial charge in [-0.05, 0) is 24.7 Å². The minimum Gasteiger partial charge on any atom is -0.455 e. The highest BCUT2D eigenvalue weighted by Gasteiger charge is 2.42. The van der Waals surface area contributed by atoms with Crippen molar-refractivity contribution in [3.63, 3.8) is 0 Å². The lowest BCUT2D eigenvalue weighted by Gasteiger charge is -2.39. The van der Waals surface area contributed by atoms with E-state index in [9.17, 15) is 19.2 Å². The summed E-state index contributed by atoms with van der Waals surface area (Å²) in [6.45, 7) is 6.54. The zero-order valence-electron chi connectivity index (χ0n) is 16.5. The lowest BCUT2D eigenvalue weighted by Crippen LogP contribution is -2.45. The van der Waals surface area contributed by atoms with Crippen molar-refractivity contribution in [2.45, 2.75) is 58.9 Å². The van der Waals surface area contributed by atoms with Gasteiger partial charge in [-0.25, -0.2) is 4.79 Å². The third-order valence-corrected chi connectivity index (χ3v) is 5.69.